The first-order valence-corrected chi connectivity index (χ1v) is 6.02. The highest BCUT2D eigenvalue weighted by atomic mass is 15.2. The molecule has 84 valence electrons. The molecule has 0 aromatic heterocycles. The molecule has 0 saturated carbocycles. The molecule has 1 fully saturated rings. The van der Waals surface area contributed by atoms with Gasteiger partial charge >= 0.3 is 0 Å². The number of hydrogen-bond acceptors (Lipinski definition) is 3. The molecule has 1 aromatic carbocycles. The smallest absolute Gasteiger partial charge is 0.0917 e. The molecule has 1 N–H and O–H groups in total. The summed E-state index contributed by atoms with van der Waals surface area (Å²) in [5.74, 6) is 0. The summed E-state index contributed by atoms with van der Waals surface area (Å²) < 4.78 is 0. The van der Waals surface area contributed by atoms with Crippen molar-refractivity contribution in [3.05, 3.63) is 29.8 Å². The van der Waals surface area contributed by atoms with E-state index in [4.69, 9.17) is 0 Å². The topological polar surface area (TPSA) is 27.6 Å². The van der Waals surface area contributed by atoms with Crippen LogP contribution in [0, 0.1) is 0 Å². The molecule has 0 radical (unpaired) electrons. The number of rotatable bonds is 1. The van der Waals surface area contributed by atoms with Crippen LogP contribution < -0.4 is 5.32 Å². The van der Waals surface area contributed by atoms with Gasteiger partial charge in [0, 0.05) is 12.6 Å². The minimum absolute atomic E-state index is 0.665. The highest BCUT2D eigenvalue weighted by Gasteiger charge is 2.21. The van der Waals surface area contributed by atoms with Crippen LogP contribution >= 0.6 is 0 Å². The van der Waals surface area contributed by atoms with E-state index >= 15 is 0 Å². The zero-order chi connectivity index (χ0) is 10.8. The predicted molar refractivity (Wildman–Crippen MR) is 66.0 cm³/mol. The van der Waals surface area contributed by atoms with E-state index in [0.717, 1.165) is 25.3 Å². The maximum Gasteiger partial charge on any atom is 0.0917 e. The van der Waals surface area contributed by atoms with Gasteiger partial charge in [-0.15, -0.1) is 0 Å². The number of para-hydroxylation sites is 1. The molecular weight excluding hydrogens is 198 g/mol. The first-order chi connectivity index (χ1) is 7.93. The molecule has 0 aliphatic carbocycles. The molecule has 0 amide bonds. The van der Waals surface area contributed by atoms with Crippen molar-refractivity contribution in [3.8, 4) is 0 Å². The lowest BCUT2D eigenvalue weighted by atomic mass is 10.0. The summed E-state index contributed by atoms with van der Waals surface area (Å²) in [6, 6.07) is 9.08. The first-order valence-electron chi connectivity index (χ1n) is 6.02. The van der Waals surface area contributed by atoms with Crippen molar-refractivity contribution in [2.75, 3.05) is 13.1 Å². The van der Waals surface area contributed by atoms with Crippen LogP contribution in [-0.2, 0) is 6.54 Å². The molecule has 16 heavy (non-hydrogen) atoms. The molecule has 1 aromatic rings. The third-order valence-electron chi connectivity index (χ3n) is 3.47. The average Bonchev–Trinajstić information content (AvgIpc) is 2.39. The summed E-state index contributed by atoms with van der Waals surface area (Å²) in [5.41, 5.74) is 2.48. The number of aliphatic imine (C=N–C) groups is 1. The Bertz CT molecular complexity index is 394. The largest absolute Gasteiger partial charge is 0.355 e. The summed E-state index contributed by atoms with van der Waals surface area (Å²) in [4.78, 5) is 6.92. The van der Waals surface area contributed by atoms with Crippen molar-refractivity contribution in [2.24, 2.45) is 4.99 Å². The van der Waals surface area contributed by atoms with E-state index in [-0.39, 0.29) is 0 Å². The zero-order valence-electron chi connectivity index (χ0n) is 9.39. The Morgan fingerprint density at radius 1 is 1.19 bits per heavy atom. The summed E-state index contributed by atoms with van der Waals surface area (Å²) in [5, 5.41) is 3.40. The molecular formula is C13H17N3. The van der Waals surface area contributed by atoms with Crippen LogP contribution in [0.25, 0.3) is 0 Å². The molecule has 3 heteroatoms. The quantitative estimate of drug-likeness (QED) is 0.775. The third-order valence-corrected chi connectivity index (χ3v) is 3.47. The normalized spacial score (nSPS) is 20.9. The van der Waals surface area contributed by atoms with Crippen LogP contribution in [-0.4, -0.2) is 30.4 Å². The van der Waals surface area contributed by atoms with Gasteiger partial charge in [-0.25, -0.2) is 4.99 Å². The van der Waals surface area contributed by atoms with Gasteiger partial charge in [-0.3, -0.25) is 0 Å². The standard InChI is InChI=1S/C13H17N3/c1-2-4-13-11(3-1)9-16(10-15-13)12-5-7-14-8-6-12/h1-4,10,12,14H,5-9H2. The van der Waals surface area contributed by atoms with Crippen LogP contribution in [0.5, 0.6) is 0 Å². The van der Waals surface area contributed by atoms with Gasteiger partial charge in [0.15, 0.2) is 0 Å². The van der Waals surface area contributed by atoms with Gasteiger partial charge in [0.1, 0.15) is 0 Å². The first kappa shape index (κ1) is 9.85. The van der Waals surface area contributed by atoms with Crippen LogP contribution in [0.15, 0.2) is 29.3 Å². The monoisotopic (exact) mass is 215 g/mol. The van der Waals surface area contributed by atoms with Crippen LogP contribution in [0.4, 0.5) is 5.69 Å². The van der Waals surface area contributed by atoms with Crippen molar-refractivity contribution in [2.45, 2.75) is 25.4 Å². The van der Waals surface area contributed by atoms with E-state index < -0.39 is 0 Å². The van der Waals surface area contributed by atoms with Gasteiger partial charge in [0.05, 0.1) is 12.0 Å². The van der Waals surface area contributed by atoms with E-state index in [1.54, 1.807) is 0 Å². The van der Waals surface area contributed by atoms with Crippen LogP contribution in [0.1, 0.15) is 18.4 Å². The molecule has 1 saturated heterocycles. The summed E-state index contributed by atoms with van der Waals surface area (Å²) >= 11 is 0. The number of nitrogens with zero attached hydrogens (tertiary/aromatic N) is 2. The average molecular weight is 215 g/mol. The van der Waals surface area contributed by atoms with E-state index in [2.05, 4.69) is 39.5 Å². The number of fused-ring (bicyclic) bond motifs is 1. The molecule has 2 aliphatic heterocycles. The van der Waals surface area contributed by atoms with E-state index in [1.807, 2.05) is 6.34 Å². The van der Waals surface area contributed by atoms with E-state index in [0.29, 0.717) is 6.04 Å². The van der Waals surface area contributed by atoms with Gasteiger partial charge in [-0.2, -0.15) is 0 Å². The summed E-state index contributed by atoms with van der Waals surface area (Å²) in [6.45, 7) is 3.29. The Morgan fingerprint density at radius 3 is 2.88 bits per heavy atom. The fourth-order valence-corrected chi connectivity index (χ4v) is 2.51. The molecule has 3 nitrogen and oxygen atoms in total. The second-order valence-corrected chi connectivity index (χ2v) is 4.53. The van der Waals surface area contributed by atoms with Crippen molar-refractivity contribution < 1.29 is 0 Å². The number of nitrogens with one attached hydrogen (secondary N) is 1. The fraction of sp³-hybridized carbons (Fsp3) is 0.462. The van der Waals surface area contributed by atoms with E-state index in [9.17, 15) is 0 Å². The molecule has 0 spiro atoms. The number of benzene rings is 1. The SMILES string of the molecule is C1=Nc2ccccc2CN1C1CCNCC1. The van der Waals surface area contributed by atoms with Gasteiger partial charge < -0.3 is 10.2 Å². The second-order valence-electron chi connectivity index (χ2n) is 4.53. The maximum atomic E-state index is 4.53. The lowest BCUT2D eigenvalue weighted by Crippen LogP contribution is -2.42. The van der Waals surface area contributed by atoms with Gasteiger partial charge in [-0.05, 0) is 37.6 Å². The van der Waals surface area contributed by atoms with Gasteiger partial charge in [0.2, 0.25) is 0 Å². The Kier molecular flexibility index (Phi) is 2.62. The Morgan fingerprint density at radius 2 is 2.00 bits per heavy atom. The molecule has 3 rings (SSSR count). The number of piperidine rings is 1. The molecule has 2 aliphatic rings. The molecule has 2 heterocycles. The van der Waals surface area contributed by atoms with Crippen molar-refractivity contribution in [1.29, 1.82) is 0 Å². The van der Waals surface area contributed by atoms with Crippen LogP contribution in [0.2, 0.25) is 0 Å². The minimum Gasteiger partial charge on any atom is -0.355 e. The molecule has 0 unspecified atom stereocenters. The number of hydrogen-bond donors (Lipinski definition) is 1. The van der Waals surface area contributed by atoms with Gasteiger partial charge in [0.25, 0.3) is 0 Å². The summed E-state index contributed by atoms with van der Waals surface area (Å²) in [7, 11) is 0. The Labute approximate surface area is 96.2 Å². The minimum atomic E-state index is 0.665. The van der Waals surface area contributed by atoms with Crippen LogP contribution in [0.3, 0.4) is 0 Å². The van der Waals surface area contributed by atoms with Crippen molar-refractivity contribution in [1.82, 2.24) is 10.2 Å². The molecule has 0 bridgehead atoms. The van der Waals surface area contributed by atoms with Crippen molar-refractivity contribution >= 4 is 12.0 Å². The maximum absolute atomic E-state index is 4.53. The second kappa shape index (κ2) is 4.26. The zero-order valence-corrected chi connectivity index (χ0v) is 9.39. The van der Waals surface area contributed by atoms with Gasteiger partial charge in [-0.1, -0.05) is 18.2 Å². The highest BCUT2D eigenvalue weighted by Crippen LogP contribution is 2.25. The van der Waals surface area contributed by atoms with E-state index in [1.165, 1.54) is 18.4 Å². The predicted octanol–water partition coefficient (Wildman–Crippen LogP) is 1.91. The highest BCUT2D eigenvalue weighted by molar-refractivity contribution is 5.67. The third kappa shape index (κ3) is 1.83. The molecule has 0 atom stereocenters. The van der Waals surface area contributed by atoms with Crippen molar-refractivity contribution in [3.63, 3.8) is 0 Å². The Balaban J connectivity index is 1.77. The summed E-state index contributed by atoms with van der Waals surface area (Å²) in [6.07, 6.45) is 4.49. The lowest BCUT2D eigenvalue weighted by Gasteiger charge is -2.35. The lowest BCUT2D eigenvalue weighted by molar-refractivity contribution is 0.251. The Hall–Kier alpha value is -1.35. The fourth-order valence-electron chi connectivity index (χ4n) is 2.51.